The summed E-state index contributed by atoms with van der Waals surface area (Å²) in [4.78, 5) is 0. The van der Waals surface area contributed by atoms with E-state index in [9.17, 15) is 13.2 Å². The highest BCUT2D eigenvalue weighted by Gasteiger charge is 2.37. The van der Waals surface area contributed by atoms with E-state index < -0.39 is 11.9 Å². The quantitative estimate of drug-likeness (QED) is 0.556. The van der Waals surface area contributed by atoms with E-state index >= 15 is 0 Å². The summed E-state index contributed by atoms with van der Waals surface area (Å²) in [5.74, 6) is 0.448. The van der Waals surface area contributed by atoms with Gasteiger partial charge in [-0.25, -0.2) is 9.08 Å². The number of para-hydroxylation sites is 1. The maximum absolute atomic E-state index is 13.3. The predicted molar refractivity (Wildman–Crippen MR) is 94.8 cm³/mol. The minimum atomic E-state index is -4.57. The number of hydrogen-bond acceptors (Lipinski definition) is 4. The van der Waals surface area contributed by atoms with Crippen molar-refractivity contribution in [2.75, 3.05) is 7.11 Å². The van der Waals surface area contributed by atoms with Crippen LogP contribution in [0, 0.1) is 6.92 Å². The molecule has 0 atom stereocenters. The third-order valence-electron chi connectivity index (χ3n) is 3.18. The van der Waals surface area contributed by atoms with Gasteiger partial charge in [-0.3, -0.25) is 0 Å². The average Bonchev–Trinajstić information content (AvgIpc) is 2.89. The molecule has 2 aromatic rings. The molecular formula is C17H20F3N3OS. The van der Waals surface area contributed by atoms with E-state index in [0.717, 1.165) is 5.56 Å². The summed E-state index contributed by atoms with van der Waals surface area (Å²) in [6.07, 6.45) is -2.05. The zero-order chi connectivity index (χ0) is 18.8. The van der Waals surface area contributed by atoms with Gasteiger partial charge in [0.05, 0.1) is 7.11 Å². The summed E-state index contributed by atoms with van der Waals surface area (Å²) in [7, 11) is 1.47. The molecule has 1 aromatic heterocycles. The van der Waals surface area contributed by atoms with Gasteiger partial charge in [-0.2, -0.15) is 18.3 Å². The normalized spacial score (nSPS) is 12.8. The van der Waals surface area contributed by atoms with Crippen LogP contribution in [0.5, 0.6) is 5.75 Å². The van der Waals surface area contributed by atoms with Gasteiger partial charge < -0.3 is 4.74 Å². The van der Waals surface area contributed by atoms with Crippen LogP contribution in [0.25, 0.3) is 5.69 Å². The number of aryl methyl sites for hydroxylation is 1. The smallest absolute Gasteiger partial charge is 0.435 e. The third-order valence-corrected chi connectivity index (χ3v) is 3.94. The van der Waals surface area contributed by atoms with Crippen LogP contribution >= 0.6 is 11.9 Å². The molecule has 1 heterocycles. The molecule has 0 fully saturated rings. The second kappa shape index (κ2) is 7.11. The van der Waals surface area contributed by atoms with Crippen molar-refractivity contribution < 1.29 is 17.9 Å². The summed E-state index contributed by atoms with van der Waals surface area (Å²) in [5, 5.41) is 3.75. The summed E-state index contributed by atoms with van der Waals surface area (Å²) in [5.41, 5.74) is 0.160. The van der Waals surface area contributed by atoms with Crippen LogP contribution in [0.2, 0.25) is 0 Å². The Hall–Kier alpha value is -1.96. The number of aromatic nitrogens is 2. The molecule has 0 radical (unpaired) electrons. The fourth-order valence-corrected chi connectivity index (χ4v) is 2.63. The average molecular weight is 371 g/mol. The standard InChI is InChI=1S/C17H20F3N3OS/c1-11-7-6-8-13(24-5)14(11)23-10-12(9-21-25-16(2,3)4)15(22-23)17(18,19)20/h6-10H,1-5H3/b21-9-. The number of hydrogen-bond donors (Lipinski definition) is 0. The topological polar surface area (TPSA) is 39.4 Å². The van der Waals surface area contributed by atoms with Crippen molar-refractivity contribution in [3.05, 3.63) is 41.2 Å². The molecule has 0 amide bonds. The van der Waals surface area contributed by atoms with E-state index in [1.54, 1.807) is 25.1 Å². The molecule has 1 aromatic carbocycles. The number of methoxy groups -OCH3 is 1. The molecule has 0 aliphatic rings. The lowest BCUT2D eigenvalue weighted by atomic mass is 10.2. The van der Waals surface area contributed by atoms with Gasteiger partial charge in [0.1, 0.15) is 11.4 Å². The molecule has 0 saturated carbocycles. The van der Waals surface area contributed by atoms with Crippen LogP contribution in [0.3, 0.4) is 0 Å². The van der Waals surface area contributed by atoms with Gasteiger partial charge in [-0.05, 0) is 51.3 Å². The lowest BCUT2D eigenvalue weighted by molar-refractivity contribution is -0.141. The van der Waals surface area contributed by atoms with Gasteiger partial charge in [0.15, 0.2) is 5.69 Å². The highest BCUT2D eigenvalue weighted by atomic mass is 32.2. The molecule has 2 rings (SSSR count). The first-order valence-corrected chi connectivity index (χ1v) is 8.32. The summed E-state index contributed by atoms with van der Waals surface area (Å²) < 4.78 is 50.4. The van der Waals surface area contributed by atoms with Crippen LogP contribution in [0.1, 0.15) is 37.6 Å². The van der Waals surface area contributed by atoms with E-state index in [2.05, 4.69) is 9.50 Å². The van der Waals surface area contributed by atoms with Crippen molar-refractivity contribution in [2.24, 2.45) is 4.40 Å². The van der Waals surface area contributed by atoms with E-state index in [-0.39, 0.29) is 10.3 Å². The minimum absolute atomic E-state index is 0.0884. The van der Waals surface area contributed by atoms with E-state index in [1.165, 1.54) is 36.2 Å². The molecule has 0 saturated heterocycles. The van der Waals surface area contributed by atoms with Gasteiger partial charge in [-0.15, -0.1) is 0 Å². The molecule has 4 nitrogen and oxygen atoms in total. The molecule has 0 spiro atoms. The molecule has 0 aliphatic carbocycles. The number of alkyl halides is 3. The highest BCUT2D eigenvalue weighted by Crippen LogP contribution is 2.33. The molecule has 0 unspecified atom stereocenters. The van der Waals surface area contributed by atoms with Crippen LogP contribution < -0.4 is 4.74 Å². The Balaban J connectivity index is 2.53. The first kappa shape index (κ1) is 19.4. The maximum Gasteiger partial charge on any atom is 0.435 e. The summed E-state index contributed by atoms with van der Waals surface area (Å²) in [6.45, 7) is 7.58. The largest absolute Gasteiger partial charge is 0.494 e. The minimum Gasteiger partial charge on any atom is -0.494 e. The lowest BCUT2D eigenvalue weighted by Gasteiger charge is -2.12. The van der Waals surface area contributed by atoms with Crippen LogP contribution in [-0.2, 0) is 6.18 Å². The first-order chi connectivity index (χ1) is 11.5. The first-order valence-electron chi connectivity index (χ1n) is 7.55. The molecule has 0 N–H and O–H groups in total. The van der Waals surface area contributed by atoms with Gasteiger partial charge in [0.2, 0.25) is 0 Å². The monoisotopic (exact) mass is 371 g/mol. The lowest BCUT2D eigenvalue weighted by Crippen LogP contribution is -2.10. The van der Waals surface area contributed by atoms with E-state index in [4.69, 9.17) is 4.74 Å². The molecule has 136 valence electrons. The Morgan fingerprint density at radius 2 is 1.92 bits per heavy atom. The van der Waals surface area contributed by atoms with Crippen molar-refractivity contribution >= 4 is 18.2 Å². The Morgan fingerprint density at radius 1 is 1.24 bits per heavy atom. The zero-order valence-corrected chi connectivity index (χ0v) is 15.5. The number of rotatable bonds is 4. The molecule has 0 bridgehead atoms. The fraction of sp³-hybridized carbons (Fsp3) is 0.412. The molecule has 8 heteroatoms. The Morgan fingerprint density at radius 3 is 2.48 bits per heavy atom. The zero-order valence-electron chi connectivity index (χ0n) is 14.7. The molecule has 25 heavy (non-hydrogen) atoms. The second-order valence-corrected chi connectivity index (χ2v) is 8.06. The summed E-state index contributed by atoms with van der Waals surface area (Å²) in [6, 6.07) is 5.24. The molecule has 0 aliphatic heterocycles. The van der Waals surface area contributed by atoms with Gasteiger partial charge in [-0.1, -0.05) is 12.1 Å². The second-order valence-electron chi connectivity index (χ2n) is 6.44. The number of ether oxygens (including phenoxy) is 1. The van der Waals surface area contributed by atoms with Crippen molar-refractivity contribution in [2.45, 2.75) is 38.6 Å². The van der Waals surface area contributed by atoms with Crippen LogP contribution in [0.15, 0.2) is 28.8 Å². The number of nitrogens with zero attached hydrogens (tertiary/aromatic N) is 3. The van der Waals surface area contributed by atoms with Gasteiger partial charge in [0, 0.05) is 22.7 Å². The fourth-order valence-electron chi connectivity index (χ4n) is 2.15. The number of benzene rings is 1. The van der Waals surface area contributed by atoms with E-state index in [0.29, 0.717) is 11.4 Å². The van der Waals surface area contributed by atoms with Crippen molar-refractivity contribution in [1.29, 1.82) is 0 Å². The molecular weight excluding hydrogens is 351 g/mol. The van der Waals surface area contributed by atoms with Gasteiger partial charge >= 0.3 is 6.18 Å². The Bertz CT molecular complexity index is 776. The Kier molecular flexibility index (Phi) is 5.51. The number of halogens is 3. The predicted octanol–water partition coefficient (Wildman–Crippen LogP) is 5.07. The SMILES string of the molecule is COc1cccc(C)c1-n1cc(/C=N\SC(C)(C)C)c(C(F)(F)F)n1. The van der Waals surface area contributed by atoms with E-state index in [1.807, 2.05) is 20.8 Å². The van der Waals surface area contributed by atoms with Crippen molar-refractivity contribution in [3.8, 4) is 11.4 Å². The Labute approximate surface area is 149 Å². The third kappa shape index (κ3) is 4.78. The van der Waals surface area contributed by atoms with Crippen LogP contribution in [0.4, 0.5) is 13.2 Å². The maximum atomic E-state index is 13.3. The van der Waals surface area contributed by atoms with Crippen molar-refractivity contribution in [3.63, 3.8) is 0 Å². The summed E-state index contributed by atoms with van der Waals surface area (Å²) >= 11 is 1.20. The van der Waals surface area contributed by atoms with Gasteiger partial charge in [0.25, 0.3) is 0 Å². The highest BCUT2D eigenvalue weighted by molar-refractivity contribution is 7.99. The van der Waals surface area contributed by atoms with Crippen LogP contribution in [-0.4, -0.2) is 27.9 Å². The van der Waals surface area contributed by atoms with Crippen molar-refractivity contribution in [1.82, 2.24) is 9.78 Å².